The minimum Gasteiger partial charge on any atom is -0.481 e. The first-order valence-corrected chi connectivity index (χ1v) is 5.78. The van der Waals surface area contributed by atoms with E-state index in [-0.39, 0.29) is 11.6 Å². The van der Waals surface area contributed by atoms with Gasteiger partial charge in [-0.25, -0.2) is 4.68 Å². The van der Waals surface area contributed by atoms with E-state index in [1.54, 1.807) is 0 Å². The van der Waals surface area contributed by atoms with Gasteiger partial charge >= 0.3 is 12.1 Å². The van der Waals surface area contributed by atoms with Gasteiger partial charge in [-0.2, -0.15) is 18.3 Å². The zero-order valence-electron chi connectivity index (χ0n) is 9.86. The highest BCUT2D eigenvalue weighted by molar-refractivity contribution is 6.30. The molecule has 0 saturated heterocycles. The first kappa shape index (κ1) is 14.4. The van der Waals surface area contributed by atoms with Crippen LogP contribution in [0.15, 0.2) is 30.5 Å². The number of carboxylic acid groups (broad SMARTS) is 1. The van der Waals surface area contributed by atoms with Crippen LogP contribution in [-0.2, 0) is 17.4 Å². The minimum absolute atomic E-state index is 0.0622. The molecule has 1 aromatic heterocycles. The monoisotopic (exact) mass is 304 g/mol. The highest BCUT2D eigenvalue weighted by atomic mass is 35.5. The molecule has 1 N–H and O–H groups in total. The molecule has 20 heavy (non-hydrogen) atoms. The molecule has 0 unspecified atom stereocenters. The molecule has 1 heterocycles. The van der Waals surface area contributed by atoms with E-state index in [1.807, 2.05) is 0 Å². The van der Waals surface area contributed by atoms with Gasteiger partial charge in [0.1, 0.15) is 5.15 Å². The lowest BCUT2D eigenvalue weighted by atomic mass is 10.2. The minimum atomic E-state index is -4.42. The Labute approximate surface area is 116 Å². The fourth-order valence-corrected chi connectivity index (χ4v) is 1.88. The fraction of sp³-hybridized carbons (Fsp3) is 0.167. The van der Waals surface area contributed by atoms with Crippen LogP contribution in [-0.4, -0.2) is 20.9 Å². The predicted molar refractivity (Wildman–Crippen MR) is 64.9 cm³/mol. The summed E-state index contributed by atoms with van der Waals surface area (Å²) in [6, 6.07) is 4.24. The Hall–Kier alpha value is -2.02. The third-order valence-electron chi connectivity index (χ3n) is 2.56. The van der Waals surface area contributed by atoms with Crippen molar-refractivity contribution in [2.75, 3.05) is 0 Å². The molecule has 0 saturated carbocycles. The van der Waals surface area contributed by atoms with Crippen molar-refractivity contribution in [3.8, 4) is 5.69 Å². The Morgan fingerprint density at radius 3 is 2.40 bits per heavy atom. The molecule has 0 radical (unpaired) electrons. The van der Waals surface area contributed by atoms with Crippen molar-refractivity contribution in [1.29, 1.82) is 0 Å². The topological polar surface area (TPSA) is 55.1 Å². The van der Waals surface area contributed by atoms with Crippen LogP contribution >= 0.6 is 11.6 Å². The smallest absolute Gasteiger partial charge is 0.416 e. The average molecular weight is 305 g/mol. The quantitative estimate of drug-likeness (QED) is 0.947. The number of benzene rings is 1. The van der Waals surface area contributed by atoms with Gasteiger partial charge in [0.25, 0.3) is 0 Å². The molecule has 4 nitrogen and oxygen atoms in total. The molecule has 2 rings (SSSR count). The van der Waals surface area contributed by atoms with Crippen LogP contribution in [0, 0.1) is 0 Å². The van der Waals surface area contributed by atoms with E-state index < -0.39 is 17.7 Å². The number of aromatic nitrogens is 2. The second kappa shape index (κ2) is 5.16. The van der Waals surface area contributed by atoms with Crippen LogP contribution in [0.25, 0.3) is 5.69 Å². The van der Waals surface area contributed by atoms with Crippen molar-refractivity contribution in [2.45, 2.75) is 12.6 Å². The molecular formula is C12H8ClF3N2O2. The number of rotatable bonds is 3. The summed E-state index contributed by atoms with van der Waals surface area (Å²) in [4.78, 5) is 10.6. The van der Waals surface area contributed by atoms with Gasteiger partial charge in [0.2, 0.25) is 0 Å². The molecule has 0 amide bonds. The van der Waals surface area contributed by atoms with E-state index in [1.165, 1.54) is 23.0 Å². The summed E-state index contributed by atoms with van der Waals surface area (Å²) < 4.78 is 38.5. The summed E-state index contributed by atoms with van der Waals surface area (Å²) >= 11 is 5.95. The molecular weight excluding hydrogens is 297 g/mol. The Bertz CT molecular complexity index is 635. The predicted octanol–water partition coefficient (Wildman–Crippen LogP) is 3.17. The summed E-state index contributed by atoms with van der Waals surface area (Å²) in [6.45, 7) is 0. The van der Waals surface area contributed by atoms with Crippen molar-refractivity contribution < 1.29 is 23.1 Å². The summed E-state index contributed by atoms with van der Waals surface area (Å²) in [6.07, 6.45) is -3.45. The summed E-state index contributed by atoms with van der Waals surface area (Å²) in [5.74, 6) is -1.07. The fourth-order valence-electron chi connectivity index (χ4n) is 1.62. The number of carboxylic acids is 1. The van der Waals surface area contributed by atoms with Crippen molar-refractivity contribution in [1.82, 2.24) is 9.78 Å². The largest absolute Gasteiger partial charge is 0.481 e. The van der Waals surface area contributed by atoms with Crippen LogP contribution in [0.3, 0.4) is 0 Å². The normalized spacial score (nSPS) is 11.6. The van der Waals surface area contributed by atoms with E-state index in [2.05, 4.69) is 5.10 Å². The number of alkyl halides is 3. The Morgan fingerprint density at radius 1 is 1.30 bits per heavy atom. The van der Waals surface area contributed by atoms with E-state index in [0.717, 1.165) is 12.1 Å². The molecule has 0 aliphatic rings. The third kappa shape index (κ3) is 2.93. The lowest BCUT2D eigenvalue weighted by Crippen LogP contribution is -2.05. The van der Waals surface area contributed by atoms with Gasteiger partial charge in [-0.05, 0) is 24.3 Å². The van der Waals surface area contributed by atoms with Crippen LogP contribution in [0.1, 0.15) is 11.1 Å². The maximum Gasteiger partial charge on any atom is 0.416 e. The van der Waals surface area contributed by atoms with Crippen molar-refractivity contribution in [2.24, 2.45) is 0 Å². The van der Waals surface area contributed by atoms with E-state index in [9.17, 15) is 18.0 Å². The van der Waals surface area contributed by atoms with Gasteiger partial charge in [-0.15, -0.1) is 0 Å². The molecule has 0 spiro atoms. The number of carbonyl (C=O) groups is 1. The van der Waals surface area contributed by atoms with Gasteiger partial charge in [0.05, 0.1) is 23.9 Å². The second-order valence-corrected chi connectivity index (χ2v) is 4.35. The van der Waals surface area contributed by atoms with Gasteiger partial charge in [0.15, 0.2) is 0 Å². The number of nitrogens with zero attached hydrogens (tertiary/aromatic N) is 2. The number of hydrogen-bond acceptors (Lipinski definition) is 2. The van der Waals surface area contributed by atoms with Crippen LogP contribution in [0.2, 0.25) is 5.15 Å². The van der Waals surface area contributed by atoms with Gasteiger partial charge in [0, 0.05) is 5.56 Å². The zero-order valence-corrected chi connectivity index (χ0v) is 10.6. The van der Waals surface area contributed by atoms with Crippen LogP contribution < -0.4 is 0 Å². The van der Waals surface area contributed by atoms with Crippen molar-refractivity contribution in [3.63, 3.8) is 0 Å². The first-order chi connectivity index (χ1) is 9.29. The molecule has 0 atom stereocenters. The standard InChI is InChI=1S/C12H8ClF3N2O2/c13-11-7(5-10(19)20)6-17-18(11)9-3-1-8(2-4-9)12(14,15)16/h1-4,6H,5H2,(H,19,20). The maximum absolute atomic E-state index is 12.4. The van der Waals surface area contributed by atoms with Crippen LogP contribution in [0.4, 0.5) is 13.2 Å². The van der Waals surface area contributed by atoms with Gasteiger partial charge < -0.3 is 5.11 Å². The molecule has 0 aliphatic carbocycles. The van der Waals surface area contributed by atoms with E-state index in [4.69, 9.17) is 16.7 Å². The lowest BCUT2D eigenvalue weighted by molar-refractivity contribution is -0.138. The first-order valence-electron chi connectivity index (χ1n) is 5.41. The zero-order chi connectivity index (χ0) is 14.9. The SMILES string of the molecule is O=C(O)Cc1cnn(-c2ccc(C(F)(F)F)cc2)c1Cl. The maximum atomic E-state index is 12.4. The van der Waals surface area contributed by atoms with Crippen molar-refractivity contribution >= 4 is 17.6 Å². The summed E-state index contributed by atoms with van der Waals surface area (Å²) in [5.41, 5.74) is -0.172. The second-order valence-electron chi connectivity index (χ2n) is 3.99. The molecule has 8 heteroatoms. The Morgan fingerprint density at radius 2 is 1.90 bits per heavy atom. The number of halogens is 4. The summed E-state index contributed by atoms with van der Waals surface area (Å²) in [7, 11) is 0. The van der Waals surface area contributed by atoms with Crippen molar-refractivity contribution in [3.05, 3.63) is 46.7 Å². The molecule has 0 bridgehead atoms. The van der Waals surface area contributed by atoms with Gasteiger partial charge in [-0.1, -0.05) is 11.6 Å². The van der Waals surface area contributed by atoms with Crippen LogP contribution in [0.5, 0.6) is 0 Å². The Balaban J connectivity index is 2.33. The molecule has 106 valence electrons. The third-order valence-corrected chi connectivity index (χ3v) is 2.96. The molecule has 1 aromatic carbocycles. The van der Waals surface area contributed by atoms with E-state index >= 15 is 0 Å². The molecule has 0 aliphatic heterocycles. The Kier molecular flexibility index (Phi) is 3.71. The number of hydrogen-bond donors (Lipinski definition) is 1. The lowest BCUT2D eigenvalue weighted by Gasteiger charge is -2.08. The molecule has 2 aromatic rings. The average Bonchev–Trinajstić information content (AvgIpc) is 2.69. The molecule has 0 fully saturated rings. The van der Waals surface area contributed by atoms with Gasteiger partial charge in [-0.3, -0.25) is 4.79 Å². The number of aliphatic carboxylic acids is 1. The summed E-state index contributed by atoms with van der Waals surface area (Å²) in [5, 5.41) is 12.6. The highest BCUT2D eigenvalue weighted by Crippen LogP contribution is 2.30. The highest BCUT2D eigenvalue weighted by Gasteiger charge is 2.30. The van der Waals surface area contributed by atoms with E-state index in [0.29, 0.717) is 11.3 Å².